The monoisotopic (exact) mass is 416 g/mol. The van der Waals surface area contributed by atoms with Crippen molar-refractivity contribution >= 4 is 5.96 Å². The standard InChI is InChI=1S/C22H24N8O/c1-23-22(25-13-10-20-28-21(31-29-20)19-9-4-5-11-24-19)26-15-17-7-2-3-8-18(17)16-30-14-6-12-27-30/h2-9,11-12,14H,10,13,15-16H2,1H3,(H2,23,25,26). The number of nitrogens with zero attached hydrogens (tertiary/aromatic N) is 6. The van der Waals surface area contributed by atoms with Crippen LogP contribution in [-0.4, -0.2) is 44.5 Å². The van der Waals surface area contributed by atoms with Crippen LogP contribution in [0, 0.1) is 0 Å². The van der Waals surface area contributed by atoms with Crippen LogP contribution in [-0.2, 0) is 19.5 Å². The third-order valence-electron chi connectivity index (χ3n) is 4.67. The van der Waals surface area contributed by atoms with Crippen LogP contribution < -0.4 is 10.6 Å². The number of aromatic nitrogens is 5. The number of benzene rings is 1. The smallest absolute Gasteiger partial charge is 0.276 e. The second-order valence-electron chi connectivity index (χ2n) is 6.81. The van der Waals surface area contributed by atoms with E-state index in [0.717, 1.165) is 6.54 Å². The molecule has 3 heterocycles. The Balaban J connectivity index is 1.28. The summed E-state index contributed by atoms with van der Waals surface area (Å²) in [6.07, 6.45) is 6.05. The molecule has 0 aliphatic heterocycles. The van der Waals surface area contributed by atoms with E-state index in [-0.39, 0.29) is 0 Å². The minimum Gasteiger partial charge on any atom is -0.356 e. The highest BCUT2D eigenvalue weighted by atomic mass is 16.5. The van der Waals surface area contributed by atoms with Crippen molar-refractivity contribution in [1.29, 1.82) is 0 Å². The predicted octanol–water partition coefficient (Wildman–Crippen LogP) is 2.28. The van der Waals surface area contributed by atoms with Crippen molar-refractivity contribution in [2.24, 2.45) is 4.99 Å². The van der Waals surface area contributed by atoms with Gasteiger partial charge >= 0.3 is 0 Å². The van der Waals surface area contributed by atoms with Gasteiger partial charge in [0, 0.05) is 45.1 Å². The molecule has 0 saturated carbocycles. The second kappa shape index (κ2) is 10.1. The van der Waals surface area contributed by atoms with Gasteiger partial charge in [-0.15, -0.1) is 0 Å². The summed E-state index contributed by atoms with van der Waals surface area (Å²) in [4.78, 5) is 12.9. The predicted molar refractivity (Wildman–Crippen MR) is 117 cm³/mol. The summed E-state index contributed by atoms with van der Waals surface area (Å²) in [6, 6.07) is 15.8. The highest BCUT2D eigenvalue weighted by Crippen LogP contribution is 2.13. The molecule has 0 amide bonds. The van der Waals surface area contributed by atoms with Gasteiger partial charge in [-0.3, -0.25) is 14.7 Å². The minimum atomic E-state index is 0.423. The van der Waals surface area contributed by atoms with Gasteiger partial charge < -0.3 is 15.2 Å². The van der Waals surface area contributed by atoms with Gasteiger partial charge in [-0.05, 0) is 29.3 Å². The number of pyridine rings is 1. The summed E-state index contributed by atoms with van der Waals surface area (Å²) < 4.78 is 7.20. The zero-order valence-electron chi connectivity index (χ0n) is 17.3. The van der Waals surface area contributed by atoms with E-state index in [1.54, 1.807) is 19.4 Å². The molecule has 4 rings (SSSR count). The van der Waals surface area contributed by atoms with Crippen molar-refractivity contribution in [3.8, 4) is 11.6 Å². The summed E-state index contributed by atoms with van der Waals surface area (Å²) in [5, 5.41) is 15.0. The van der Waals surface area contributed by atoms with Crippen molar-refractivity contribution in [3.63, 3.8) is 0 Å². The average Bonchev–Trinajstić information content (AvgIpc) is 3.50. The first kappa shape index (κ1) is 20.3. The lowest BCUT2D eigenvalue weighted by Crippen LogP contribution is -2.38. The highest BCUT2D eigenvalue weighted by molar-refractivity contribution is 5.79. The van der Waals surface area contributed by atoms with E-state index in [1.807, 2.05) is 47.3 Å². The number of guanidine groups is 1. The Bertz CT molecular complexity index is 1110. The molecule has 31 heavy (non-hydrogen) atoms. The lowest BCUT2D eigenvalue weighted by molar-refractivity contribution is 0.421. The number of nitrogens with one attached hydrogen (secondary N) is 2. The largest absolute Gasteiger partial charge is 0.356 e. The van der Waals surface area contributed by atoms with Crippen LogP contribution in [0.5, 0.6) is 0 Å². The number of hydrogen-bond acceptors (Lipinski definition) is 6. The quantitative estimate of drug-likeness (QED) is 0.335. The zero-order valence-corrected chi connectivity index (χ0v) is 17.3. The van der Waals surface area contributed by atoms with Gasteiger partial charge in [0.2, 0.25) is 0 Å². The molecule has 0 fully saturated rings. The van der Waals surface area contributed by atoms with Crippen LogP contribution in [0.3, 0.4) is 0 Å². The fourth-order valence-electron chi connectivity index (χ4n) is 3.09. The molecule has 9 nitrogen and oxygen atoms in total. The van der Waals surface area contributed by atoms with Crippen LogP contribution >= 0.6 is 0 Å². The maximum Gasteiger partial charge on any atom is 0.276 e. The normalized spacial score (nSPS) is 11.5. The third-order valence-corrected chi connectivity index (χ3v) is 4.67. The maximum absolute atomic E-state index is 5.29. The van der Waals surface area contributed by atoms with Crippen LogP contribution in [0.4, 0.5) is 0 Å². The van der Waals surface area contributed by atoms with E-state index in [1.165, 1.54) is 11.1 Å². The van der Waals surface area contributed by atoms with Crippen LogP contribution in [0.1, 0.15) is 17.0 Å². The maximum atomic E-state index is 5.29. The molecule has 0 saturated heterocycles. The van der Waals surface area contributed by atoms with Crippen molar-refractivity contribution in [2.75, 3.05) is 13.6 Å². The summed E-state index contributed by atoms with van der Waals surface area (Å²) in [5.74, 6) is 1.75. The zero-order chi connectivity index (χ0) is 21.3. The lowest BCUT2D eigenvalue weighted by atomic mass is 10.1. The van der Waals surface area contributed by atoms with Crippen molar-refractivity contribution in [3.05, 3.63) is 84.1 Å². The molecule has 158 valence electrons. The van der Waals surface area contributed by atoms with E-state index in [9.17, 15) is 0 Å². The van der Waals surface area contributed by atoms with Crippen LogP contribution in [0.15, 0.2) is 76.6 Å². The first-order valence-electron chi connectivity index (χ1n) is 10.0. The fourth-order valence-corrected chi connectivity index (χ4v) is 3.09. The molecular weight excluding hydrogens is 392 g/mol. The summed E-state index contributed by atoms with van der Waals surface area (Å²) in [5.41, 5.74) is 3.07. The molecule has 3 aromatic heterocycles. The molecule has 0 unspecified atom stereocenters. The van der Waals surface area contributed by atoms with Gasteiger partial charge in [-0.1, -0.05) is 35.5 Å². The highest BCUT2D eigenvalue weighted by Gasteiger charge is 2.10. The fraction of sp³-hybridized carbons (Fsp3) is 0.227. The van der Waals surface area contributed by atoms with E-state index in [4.69, 9.17) is 4.52 Å². The van der Waals surface area contributed by atoms with E-state index in [2.05, 4.69) is 48.0 Å². The molecule has 4 aromatic rings. The molecule has 9 heteroatoms. The molecule has 0 aliphatic carbocycles. The molecule has 2 N–H and O–H groups in total. The van der Waals surface area contributed by atoms with Crippen molar-refractivity contribution < 1.29 is 4.52 Å². The molecule has 0 spiro atoms. The van der Waals surface area contributed by atoms with Gasteiger partial charge in [0.15, 0.2) is 11.8 Å². The third kappa shape index (κ3) is 5.53. The SMILES string of the molecule is CN=C(NCCc1noc(-c2ccccn2)n1)NCc1ccccc1Cn1cccn1. The Morgan fingerprint density at radius 3 is 2.68 bits per heavy atom. The lowest BCUT2D eigenvalue weighted by Gasteiger charge is -2.14. The average molecular weight is 416 g/mol. The van der Waals surface area contributed by atoms with Crippen molar-refractivity contribution in [2.45, 2.75) is 19.5 Å². The van der Waals surface area contributed by atoms with Crippen LogP contribution in [0.2, 0.25) is 0 Å². The first-order chi connectivity index (χ1) is 15.3. The van der Waals surface area contributed by atoms with E-state index in [0.29, 0.717) is 42.9 Å². The van der Waals surface area contributed by atoms with Gasteiger partial charge in [0.05, 0.1) is 6.54 Å². The topological polar surface area (TPSA) is 106 Å². The number of aliphatic imine (C=N–C) groups is 1. The Labute approximate surface area is 180 Å². The minimum absolute atomic E-state index is 0.423. The summed E-state index contributed by atoms with van der Waals surface area (Å²) in [6.45, 7) is 2.01. The number of rotatable bonds is 8. The molecule has 0 aliphatic rings. The molecule has 0 bridgehead atoms. The summed E-state index contributed by atoms with van der Waals surface area (Å²) >= 11 is 0. The Morgan fingerprint density at radius 2 is 1.90 bits per heavy atom. The molecule has 1 aromatic carbocycles. The second-order valence-corrected chi connectivity index (χ2v) is 6.81. The van der Waals surface area contributed by atoms with Gasteiger partial charge in [-0.2, -0.15) is 10.1 Å². The van der Waals surface area contributed by atoms with E-state index < -0.39 is 0 Å². The molecule has 0 atom stereocenters. The van der Waals surface area contributed by atoms with Gasteiger partial charge in [0.1, 0.15) is 5.69 Å². The summed E-state index contributed by atoms with van der Waals surface area (Å²) in [7, 11) is 1.75. The number of hydrogen-bond donors (Lipinski definition) is 2. The van der Waals surface area contributed by atoms with Gasteiger partial charge in [0.25, 0.3) is 5.89 Å². The Kier molecular flexibility index (Phi) is 6.64. The van der Waals surface area contributed by atoms with E-state index >= 15 is 0 Å². The molecular formula is C22H24N8O. The van der Waals surface area contributed by atoms with Gasteiger partial charge in [-0.25, -0.2) is 0 Å². The van der Waals surface area contributed by atoms with Crippen molar-refractivity contribution in [1.82, 2.24) is 35.5 Å². The Morgan fingerprint density at radius 1 is 1.03 bits per heavy atom. The Hall–Kier alpha value is -4.01. The van der Waals surface area contributed by atoms with Crippen LogP contribution in [0.25, 0.3) is 11.6 Å². The molecule has 0 radical (unpaired) electrons. The first-order valence-corrected chi connectivity index (χ1v) is 10.0.